The molecule has 0 aliphatic carbocycles. The summed E-state index contributed by atoms with van der Waals surface area (Å²) in [5.74, 6) is -0.680. The fourth-order valence-electron chi connectivity index (χ4n) is 3.64. The van der Waals surface area contributed by atoms with Crippen LogP contribution in [0.2, 0.25) is 5.02 Å². The van der Waals surface area contributed by atoms with Crippen molar-refractivity contribution >= 4 is 41.0 Å². The number of nitrogens with zero attached hydrogens (tertiary/aromatic N) is 2. The van der Waals surface area contributed by atoms with E-state index in [4.69, 9.17) is 21.1 Å². The predicted octanol–water partition coefficient (Wildman–Crippen LogP) is 2.99. The van der Waals surface area contributed by atoms with Gasteiger partial charge in [0, 0.05) is 17.5 Å². The van der Waals surface area contributed by atoms with Crippen molar-refractivity contribution in [2.75, 3.05) is 7.11 Å². The van der Waals surface area contributed by atoms with Gasteiger partial charge < -0.3 is 9.47 Å². The number of fused-ring (bicyclic) bond motifs is 1. The third-order valence-electron chi connectivity index (χ3n) is 5.07. The molecule has 0 unspecified atom stereocenters. The number of ether oxygens (including phenoxy) is 2. The van der Waals surface area contributed by atoms with Gasteiger partial charge in [0.05, 0.1) is 29.0 Å². The minimum atomic E-state index is -0.725. The molecule has 1 aliphatic rings. The number of carbonyl (C=O) groups is 2. The number of carbonyl (C=O) groups excluding carboxylic acids is 2. The van der Waals surface area contributed by atoms with Gasteiger partial charge in [-0.2, -0.15) is 0 Å². The summed E-state index contributed by atoms with van der Waals surface area (Å²) >= 11 is 7.24. The van der Waals surface area contributed by atoms with Crippen LogP contribution < -0.4 is 19.6 Å². The molecule has 7 nitrogen and oxygen atoms in total. The van der Waals surface area contributed by atoms with Crippen molar-refractivity contribution < 1.29 is 19.1 Å². The predicted molar refractivity (Wildman–Crippen MR) is 125 cm³/mol. The summed E-state index contributed by atoms with van der Waals surface area (Å²) in [7, 11) is 1.29. The normalized spacial score (nSPS) is 15.6. The van der Waals surface area contributed by atoms with E-state index in [1.165, 1.54) is 29.9 Å². The first kappa shape index (κ1) is 22.7. The van der Waals surface area contributed by atoms with Crippen LogP contribution in [0.15, 0.2) is 69.6 Å². The zero-order valence-corrected chi connectivity index (χ0v) is 19.6. The van der Waals surface area contributed by atoms with Crippen molar-refractivity contribution in [2.45, 2.75) is 19.9 Å². The Labute approximate surface area is 197 Å². The van der Waals surface area contributed by atoms with Crippen LogP contribution in [0, 0.1) is 0 Å². The largest absolute Gasteiger partial charge is 0.466 e. The number of hydrogen-bond donors (Lipinski definition) is 0. The molecule has 0 spiro atoms. The van der Waals surface area contributed by atoms with Gasteiger partial charge in [0.1, 0.15) is 5.75 Å². The lowest BCUT2D eigenvalue weighted by Crippen LogP contribution is -2.39. The van der Waals surface area contributed by atoms with Gasteiger partial charge in [0.25, 0.3) is 5.56 Å². The lowest BCUT2D eigenvalue weighted by molar-refractivity contribution is -0.136. The molecular formula is C24H19ClN2O5S. The van der Waals surface area contributed by atoms with Crippen LogP contribution in [0.25, 0.3) is 6.08 Å². The number of thiazole rings is 1. The van der Waals surface area contributed by atoms with Crippen molar-refractivity contribution in [1.82, 2.24) is 4.57 Å². The van der Waals surface area contributed by atoms with Gasteiger partial charge in [0.2, 0.25) is 0 Å². The standard InChI is InChI=1S/C24H19ClN2O5S/c1-13-20(23(30)31-3)21(15-8-10-17(25)11-9-15)27-22(29)19(33-24(27)26-13)12-16-6-4-5-7-18(16)32-14(2)28/h4-12,21H,1-3H3/b19-12-/t21-/m0/s1. The Morgan fingerprint density at radius 3 is 2.52 bits per heavy atom. The van der Waals surface area contributed by atoms with E-state index in [9.17, 15) is 14.4 Å². The van der Waals surface area contributed by atoms with Crippen LogP contribution in [0.3, 0.4) is 0 Å². The van der Waals surface area contributed by atoms with Crippen LogP contribution in [0.1, 0.15) is 31.0 Å². The second-order valence-electron chi connectivity index (χ2n) is 7.26. The number of methoxy groups -OCH3 is 1. The van der Waals surface area contributed by atoms with E-state index < -0.39 is 18.0 Å². The highest BCUT2D eigenvalue weighted by molar-refractivity contribution is 7.07. The minimum Gasteiger partial charge on any atom is -0.466 e. The first-order chi connectivity index (χ1) is 15.8. The molecule has 168 valence electrons. The Bertz CT molecular complexity index is 1470. The van der Waals surface area contributed by atoms with Gasteiger partial charge in [-0.15, -0.1) is 0 Å². The van der Waals surface area contributed by atoms with E-state index in [-0.39, 0.29) is 11.1 Å². The molecule has 1 atom stereocenters. The van der Waals surface area contributed by atoms with E-state index in [1.807, 2.05) is 0 Å². The molecule has 0 radical (unpaired) electrons. The fraction of sp³-hybridized carbons (Fsp3) is 0.167. The van der Waals surface area contributed by atoms with Gasteiger partial charge in [-0.05, 0) is 36.8 Å². The van der Waals surface area contributed by atoms with Gasteiger partial charge in [-0.25, -0.2) is 9.79 Å². The summed E-state index contributed by atoms with van der Waals surface area (Å²) in [5, 5.41) is 0.536. The number of rotatable bonds is 4. The molecule has 0 fully saturated rings. The minimum absolute atomic E-state index is 0.277. The number of allylic oxidation sites excluding steroid dienone is 1. The third kappa shape index (κ3) is 4.40. The maximum absolute atomic E-state index is 13.5. The lowest BCUT2D eigenvalue weighted by atomic mass is 9.96. The van der Waals surface area contributed by atoms with Crippen molar-refractivity contribution in [1.29, 1.82) is 0 Å². The summed E-state index contributed by atoms with van der Waals surface area (Å²) in [4.78, 5) is 42.6. The van der Waals surface area contributed by atoms with Crippen molar-refractivity contribution in [2.24, 2.45) is 4.99 Å². The van der Waals surface area contributed by atoms with Gasteiger partial charge >= 0.3 is 11.9 Å². The van der Waals surface area contributed by atoms with Gasteiger partial charge in [0.15, 0.2) is 4.80 Å². The van der Waals surface area contributed by atoms with E-state index in [1.54, 1.807) is 61.5 Å². The zero-order valence-electron chi connectivity index (χ0n) is 18.0. The number of hydrogen-bond acceptors (Lipinski definition) is 7. The van der Waals surface area contributed by atoms with Gasteiger partial charge in [-0.1, -0.05) is 53.3 Å². The molecule has 0 amide bonds. The Hall–Kier alpha value is -3.49. The van der Waals surface area contributed by atoms with Gasteiger partial charge in [-0.3, -0.25) is 14.2 Å². The molecule has 4 rings (SSSR count). The molecule has 9 heteroatoms. The number of para-hydroxylation sites is 1. The highest BCUT2D eigenvalue weighted by Gasteiger charge is 2.33. The second kappa shape index (κ2) is 9.17. The smallest absolute Gasteiger partial charge is 0.338 e. The summed E-state index contributed by atoms with van der Waals surface area (Å²) in [6.07, 6.45) is 1.65. The highest BCUT2D eigenvalue weighted by Crippen LogP contribution is 2.31. The highest BCUT2D eigenvalue weighted by atomic mass is 35.5. The number of halogens is 1. The lowest BCUT2D eigenvalue weighted by Gasteiger charge is -2.24. The molecule has 2 heterocycles. The monoisotopic (exact) mass is 482 g/mol. The maximum atomic E-state index is 13.5. The van der Waals surface area contributed by atoms with E-state index in [0.29, 0.717) is 36.9 Å². The fourth-order valence-corrected chi connectivity index (χ4v) is 4.81. The SMILES string of the molecule is COC(=O)C1=C(C)N=c2s/c(=C\c3ccccc3OC(C)=O)c(=O)n2[C@H]1c1ccc(Cl)cc1. The van der Waals surface area contributed by atoms with E-state index >= 15 is 0 Å². The first-order valence-corrected chi connectivity index (χ1v) is 11.1. The average Bonchev–Trinajstić information content (AvgIpc) is 3.08. The summed E-state index contributed by atoms with van der Waals surface area (Å²) in [6, 6.07) is 13.1. The molecule has 1 aliphatic heterocycles. The van der Waals surface area contributed by atoms with Crippen LogP contribution in [0.4, 0.5) is 0 Å². The quantitative estimate of drug-likeness (QED) is 0.421. The van der Waals surface area contributed by atoms with Crippen LogP contribution in [-0.2, 0) is 14.3 Å². The number of aromatic nitrogens is 1. The Morgan fingerprint density at radius 1 is 1.15 bits per heavy atom. The van der Waals surface area contributed by atoms with Crippen molar-refractivity contribution in [3.8, 4) is 5.75 Å². The van der Waals surface area contributed by atoms with Crippen LogP contribution >= 0.6 is 22.9 Å². The summed E-state index contributed by atoms with van der Waals surface area (Å²) in [5.41, 5.74) is 1.69. The summed E-state index contributed by atoms with van der Waals surface area (Å²) in [6.45, 7) is 3.02. The molecule has 0 N–H and O–H groups in total. The maximum Gasteiger partial charge on any atom is 0.338 e. The molecule has 0 bridgehead atoms. The van der Waals surface area contributed by atoms with E-state index in [2.05, 4.69) is 4.99 Å². The Balaban J connectivity index is 1.95. The average molecular weight is 483 g/mol. The Morgan fingerprint density at radius 2 is 1.85 bits per heavy atom. The molecule has 3 aromatic rings. The molecular weight excluding hydrogens is 464 g/mol. The van der Waals surface area contributed by atoms with Crippen LogP contribution in [0.5, 0.6) is 5.75 Å². The second-order valence-corrected chi connectivity index (χ2v) is 8.70. The Kier molecular flexibility index (Phi) is 6.31. The summed E-state index contributed by atoms with van der Waals surface area (Å²) < 4.78 is 12.1. The third-order valence-corrected chi connectivity index (χ3v) is 6.31. The first-order valence-electron chi connectivity index (χ1n) is 9.94. The molecule has 1 aromatic heterocycles. The zero-order chi connectivity index (χ0) is 23.7. The molecule has 33 heavy (non-hydrogen) atoms. The molecule has 0 saturated carbocycles. The molecule has 0 saturated heterocycles. The number of esters is 2. The number of benzene rings is 2. The van der Waals surface area contributed by atoms with Crippen LogP contribution in [-0.4, -0.2) is 23.6 Å². The topological polar surface area (TPSA) is 87.0 Å². The van der Waals surface area contributed by atoms with Crippen molar-refractivity contribution in [3.05, 3.63) is 95.6 Å². The van der Waals surface area contributed by atoms with E-state index in [0.717, 1.165) is 0 Å². The molecule has 2 aromatic carbocycles. The van der Waals surface area contributed by atoms with Crippen molar-refractivity contribution in [3.63, 3.8) is 0 Å².